The number of aryl methyl sites for hydroxylation is 2. The first kappa shape index (κ1) is 18.8. The highest BCUT2D eigenvalue weighted by atomic mass is 32.2. The summed E-state index contributed by atoms with van der Waals surface area (Å²) >= 11 is 0. The number of hydrogen-bond donors (Lipinski definition) is 2. The predicted molar refractivity (Wildman–Crippen MR) is 112 cm³/mol. The van der Waals surface area contributed by atoms with Gasteiger partial charge in [0, 0.05) is 27.8 Å². The maximum absolute atomic E-state index is 12.6. The van der Waals surface area contributed by atoms with Crippen LogP contribution < -0.4 is 10.0 Å². The molecule has 2 N–H and O–H groups in total. The van der Waals surface area contributed by atoms with Crippen molar-refractivity contribution in [1.29, 1.82) is 0 Å². The van der Waals surface area contributed by atoms with E-state index in [0.717, 1.165) is 10.8 Å². The molecule has 0 atom stereocenters. The van der Waals surface area contributed by atoms with Gasteiger partial charge in [-0.3, -0.25) is 0 Å². The molecule has 2 aromatic heterocycles. The van der Waals surface area contributed by atoms with E-state index in [9.17, 15) is 8.42 Å². The number of aromatic nitrogens is 4. The van der Waals surface area contributed by atoms with E-state index in [1.54, 1.807) is 38.2 Å². The van der Waals surface area contributed by atoms with Crippen LogP contribution in [0.25, 0.3) is 10.8 Å². The Balaban J connectivity index is 1.57. The molecular formula is C20H18N6O2S. The highest BCUT2D eigenvalue weighted by Crippen LogP contribution is 2.24. The Morgan fingerprint density at radius 1 is 0.897 bits per heavy atom. The minimum atomic E-state index is -3.80. The third-order valence-electron chi connectivity index (χ3n) is 4.21. The Morgan fingerprint density at radius 3 is 2.31 bits per heavy atom. The molecule has 0 aliphatic rings. The van der Waals surface area contributed by atoms with Gasteiger partial charge in [-0.15, -0.1) is 5.10 Å². The van der Waals surface area contributed by atoms with Gasteiger partial charge in [0.05, 0.1) is 11.1 Å². The van der Waals surface area contributed by atoms with Crippen LogP contribution in [0.4, 0.5) is 17.5 Å². The SMILES string of the molecule is Cc1cc(C)nc(NS(=O)(=O)c2ccc(Nc3nncc4ccccc34)cc2)n1. The van der Waals surface area contributed by atoms with Crippen LogP contribution in [0.2, 0.25) is 0 Å². The highest BCUT2D eigenvalue weighted by molar-refractivity contribution is 7.92. The summed E-state index contributed by atoms with van der Waals surface area (Å²) in [7, 11) is -3.80. The molecule has 0 unspecified atom stereocenters. The average Bonchev–Trinajstić information content (AvgIpc) is 2.67. The van der Waals surface area contributed by atoms with Crippen molar-refractivity contribution in [3.63, 3.8) is 0 Å². The number of sulfonamides is 1. The molecule has 2 heterocycles. The first-order chi connectivity index (χ1) is 13.9. The number of rotatable bonds is 5. The molecule has 0 aliphatic heterocycles. The Kier molecular flexibility index (Phi) is 4.81. The minimum absolute atomic E-state index is 0.0516. The molecule has 9 heteroatoms. The van der Waals surface area contributed by atoms with E-state index in [2.05, 4.69) is 30.2 Å². The van der Waals surface area contributed by atoms with E-state index >= 15 is 0 Å². The molecule has 0 aliphatic carbocycles. The van der Waals surface area contributed by atoms with Crippen LogP contribution in [-0.2, 0) is 10.0 Å². The highest BCUT2D eigenvalue weighted by Gasteiger charge is 2.16. The average molecular weight is 406 g/mol. The summed E-state index contributed by atoms with van der Waals surface area (Å²) < 4.78 is 27.7. The van der Waals surface area contributed by atoms with Crippen molar-refractivity contribution in [2.75, 3.05) is 10.0 Å². The minimum Gasteiger partial charge on any atom is -0.338 e. The van der Waals surface area contributed by atoms with E-state index < -0.39 is 10.0 Å². The number of hydrogen-bond acceptors (Lipinski definition) is 7. The van der Waals surface area contributed by atoms with Crippen LogP contribution in [0.15, 0.2) is 65.7 Å². The van der Waals surface area contributed by atoms with Gasteiger partial charge in [0.2, 0.25) is 5.95 Å². The van der Waals surface area contributed by atoms with Crippen LogP contribution >= 0.6 is 0 Å². The van der Waals surface area contributed by atoms with Crippen LogP contribution in [0.5, 0.6) is 0 Å². The van der Waals surface area contributed by atoms with E-state index in [4.69, 9.17) is 0 Å². The zero-order valence-electron chi connectivity index (χ0n) is 15.8. The maximum Gasteiger partial charge on any atom is 0.264 e. The second-order valence-corrected chi connectivity index (χ2v) is 8.19. The van der Waals surface area contributed by atoms with Crippen molar-refractivity contribution < 1.29 is 8.42 Å². The maximum atomic E-state index is 12.6. The third-order valence-corrected chi connectivity index (χ3v) is 5.55. The Morgan fingerprint density at radius 2 is 1.59 bits per heavy atom. The van der Waals surface area contributed by atoms with E-state index in [1.807, 2.05) is 24.3 Å². The summed E-state index contributed by atoms with van der Waals surface area (Å²) in [5, 5.41) is 13.2. The van der Waals surface area contributed by atoms with Crippen molar-refractivity contribution in [3.8, 4) is 0 Å². The molecule has 4 rings (SSSR count). The first-order valence-corrected chi connectivity index (χ1v) is 10.3. The van der Waals surface area contributed by atoms with E-state index in [1.165, 1.54) is 12.1 Å². The lowest BCUT2D eigenvalue weighted by Gasteiger charge is -2.10. The monoisotopic (exact) mass is 406 g/mol. The first-order valence-electron chi connectivity index (χ1n) is 8.83. The van der Waals surface area contributed by atoms with Gasteiger partial charge in [-0.05, 0) is 44.2 Å². The summed E-state index contributed by atoms with van der Waals surface area (Å²) in [5.74, 6) is 0.649. The quantitative estimate of drug-likeness (QED) is 0.521. The smallest absolute Gasteiger partial charge is 0.264 e. The summed E-state index contributed by atoms with van der Waals surface area (Å²) in [4.78, 5) is 8.34. The molecule has 0 amide bonds. The van der Waals surface area contributed by atoms with Crippen LogP contribution in [0.3, 0.4) is 0 Å². The number of anilines is 3. The predicted octanol–water partition coefficient (Wildman–Crippen LogP) is 3.58. The Bertz CT molecular complexity index is 1260. The second-order valence-electron chi connectivity index (χ2n) is 6.51. The van der Waals surface area contributed by atoms with Crippen molar-refractivity contribution in [3.05, 3.63) is 72.2 Å². The fraction of sp³-hybridized carbons (Fsp3) is 0.100. The van der Waals surface area contributed by atoms with Crippen LogP contribution in [0.1, 0.15) is 11.4 Å². The van der Waals surface area contributed by atoms with Crippen molar-refractivity contribution in [1.82, 2.24) is 20.2 Å². The Labute approximate surface area is 168 Å². The topological polar surface area (TPSA) is 110 Å². The summed E-state index contributed by atoms with van der Waals surface area (Å²) in [6.07, 6.45) is 1.69. The number of benzene rings is 2. The van der Waals surface area contributed by atoms with Gasteiger partial charge in [-0.1, -0.05) is 24.3 Å². The second kappa shape index (κ2) is 7.44. The van der Waals surface area contributed by atoms with Gasteiger partial charge in [0.15, 0.2) is 5.82 Å². The zero-order valence-corrected chi connectivity index (χ0v) is 16.6. The molecule has 0 saturated carbocycles. The largest absolute Gasteiger partial charge is 0.338 e. The van der Waals surface area contributed by atoms with Gasteiger partial charge >= 0.3 is 0 Å². The lowest BCUT2D eigenvalue weighted by atomic mass is 10.2. The van der Waals surface area contributed by atoms with Crippen molar-refractivity contribution in [2.24, 2.45) is 0 Å². The lowest BCUT2D eigenvalue weighted by molar-refractivity contribution is 0.601. The molecule has 8 nitrogen and oxygen atoms in total. The van der Waals surface area contributed by atoms with Crippen molar-refractivity contribution in [2.45, 2.75) is 18.7 Å². The molecule has 0 spiro atoms. The number of fused-ring (bicyclic) bond motifs is 1. The summed E-state index contributed by atoms with van der Waals surface area (Å²) in [5.41, 5.74) is 2.06. The summed E-state index contributed by atoms with van der Waals surface area (Å²) in [6.45, 7) is 3.56. The van der Waals surface area contributed by atoms with Gasteiger partial charge in [0.1, 0.15) is 0 Å². The van der Waals surface area contributed by atoms with Crippen LogP contribution in [-0.4, -0.2) is 28.6 Å². The molecule has 0 radical (unpaired) electrons. The third kappa shape index (κ3) is 4.14. The van der Waals surface area contributed by atoms with E-state index in [-0.39, 0.29) is 10.8 Å². The van der Waals surface area contributed by atoms with E-state index in [0.29, 0.717) is 22.9 Å². The fourth-order valence-electron chi connectivity index (χ4n) is 2.93. The number of nitrogens with one attached hydrogen (secondary N) is 2. The van der Waals surface area contributed by atoms with Crippen LogP contribution in [0, 0.1) is 13.8 Å². The van der Waals surface area contributed by atoms with Gasteiger partial charge in [-0.2, -0.15) is 5.10 Å². The lowest BCUT2D eigenvalue weighted by Crippen LogP contribution is -2.15. The molecular weight excluding hydrogens is 388 g/mol. The van der Waals surface area contributed by atoms with Crippen molar-refractivity contribution >= 4 is 38.2 Å². The molecule has 146 valence electrons. The van der Waals surface area contributed by atoms with Gasteiger partial charge < -0.3 is 5.32 Å². The molecule has 0 bridgehead atoms. The number of nitrogens with zero attached hydrogens (tertiary/aromatic N) is 4. The molecule has 0 saturated heterocycles. The standard InChI is InChI=1S/C20H18N6O2S/c1-13-11-14(2)23-20(22-13)26-29(27,28)17-9-7-16(8-10-17)24-19-18-6-4-3-5-15(18)12-21-25-19/h3-12H,1-2H3,(H,24,25)(H,22,23,26). The molecule has 4 aromatic rings. The zero-order chi connectivity index (χ0) is 20.4. The van der Waals surface area contributed by atoms with Gasteiger partial charge in [-0.25, -0.2) is 23.1 Å². The Hall–Kier alpha value is -3.59. The van der Waals surface area contributed by atoms with Gasteiger partial charge in [0.25, 0.3) is 10.0 Å². The fourth-order valence-corrected chi connectivity index (χ4v) is 3.87. The summed E-state index contributed by atoms with van der Waals surface area (Å²) in [6, 6.07) is 15.9. The molecule has 0 fully saturated rings. The molecule has 2 aromatic carbocycles. The normalized spacial score (nSPS) is 11.4. The molecule has 29 heavy (non-hydrogen) atoms.